The van der Waals surface area contributed by atoms with Crippen LogP contribution >= 0.6 is 0 Å². The van der Waals surface area contributed by atoms with Crippen molar-refractivity contribution in [1.29, 1.82) is 0 Å². The summed E-state index contributed by atoms with van der Waals surface area (Å²) >= 11 is 0. The Kier molecular flexibility index (Phi) is 5.00. The second kappa shape index (κ2) is 6.58. The molecule has 1 aromatic carbocycles. The van der Waals surface area contributed by atoms with E-state index in [-0.39, 0.29) is 10.5 Å². The van der Waals surface area contributed by atoms with E-state index < -0.39 is 16.0 Å². The number of carbonyl (C=O) groups is 1. The van der Waals surface area contributed by atoms with Gasteiger partial charge in [0.25, 0.3) is 0 Å². The largest absolute Gasteiger partial charge is 0.465 e. The summed E-state index contributed by atoms with van der Waals surface area (Å²) in [5.41, 5.74) is 0.251. The molecule has 2 rings (SSSR count). The molecule has 0 heterocycles. The molecule has 0 atom stereocenters. The first kappa shape index (κ1) is 16.0. The second-order valence-electron chi connectivity index (χ2n) is 5.33. The number of sulfonamides is 1. The molecule has 0 bridgehead atoms. The number of hydrogen-bond acceptors (Lipinski definition) is 4. The summed E-state index contributed by atoms with van der Waals surface area (Å²) in [7, 11) is -2.28. The van der Waals surface area contributed by atoms with Crippen LogP contribution in [0.1, 0.15) is 36.5 Å². The van der Waals surface area contributed by atoms with Gasteiger partial charge in [0.15, 0.2) is 0 Å². The van der Waals surface area contributed by atoms with Gasteiger partial charge in [-0.05, 0) is 43.4 Å². The zero-order valence-electron chi connectivity index (χ0n) is 12.4. The Bertz CT molecular complexity index is 608. The summed E-state index contributed by atoms with van der Waals surface area (Å²) in [5.74, 6) is -0.0496. The van der Waals surface area contributed by atoms with Gasteiger partial charge >= 0.3 is 5.97 Å². The maximum atomic E-state index is 12.7. The molecule has 0 N–H and O–H groups in total. The summed E-state index contributed by atoms with van der Waals surface area (Å²) in [5, 5.41) is 0. The number of carbonyl (C=O) groups excluding carboxylic acids is 1. The van der Waals surface area contributed by atoms with Crippen LogP contribution in [0.3, 0.4) is 0 Å². The van der Waals surface area contributed by atoms with Gasteiger partial charge in [0, 0.05) is 13.1 Å². The minimum atomic E-state index is -3.56. The van der Waals surface area contributed by atoms with Crippen molar-refractivity contribution in [2.45, 2.75) is 31.1 Å². The van der Waals surface area contributed by atoms with Gasteiger partial charge in [-0.2, -0.15) is 4.31 Å². The molecule has 1 aliphatic carbocycles. The Morgan fingerprint density at radius 3 is 2.67 bits per heavy atom. The fourth-order valence-corrected chi connectivity index (χ4v) is 3.85. The molecule has 0 unspecified atom stereocenters. The average Bonchev–Trinajstić information content (AvgIpc) is 3.30. The first-order valence-electron chi connectivity index (χ1n) is 7.17. The zero-order chi connectivity index (χ0) is 15.5. The Morgan fingerprint density at radius 1 is 1.38 bits per heavy atom. The van der Waals surface area contributed by atoms with Crippen LogP contribution in [-0.2, 0) is 14.8 Å². The molecule has 1 aliphatic rings. The normalized spacial score (nSPS) is 15.2. The van der Waals surface area contributed by atoms with Crippen LogP contribution in [0.5, 0.6) is 0 Å². The first-order chi connectivity index (χ1) is 9.98. The molecule has 1 aromatic rings. The number of esters is 1. The Hall–Kier alpha value is -1.40. The molecule has 0 radical (unpaired) electrons. The highest BCUT2D eigenvalue weighted by molar-refractivity contribution is 7.89. The summed E-state index contributed by atoms with van der Waals surface area (Å²) in [6.07, 6.45) is 2.96. The Labute approximate surface area is 126 Å². The van der Waals surface area contributed by atoms with Crippen molar-refractivity contribution in [3.05, 3.63) is 29.8 Å². The van der Waals surface area contributed by atoms with Crippen LogP contribution in [-0.4, -0.2) is 38.9 Å². The number of rotatable bonds is 7. The van der Waals surface area contributed by atoms with Crippen molar-refractivity contribution in [2.75, 3.05) is 20.2 Å². The summed E-state index contributed by atoms with van der Waals surface area (Å²) < 4.78 is 31.6. The fourth-order valence-electron chi connectivity index (χ4n) is 2.20. The molecule has 0 saturated heterocycles. The molecule has 1 fully saturated rings. The molecule has 0 spiro atoms. The van der Waals surface area contributed by atoms with Crippen LogP contribution < -0.4 is 0 Å². The third-order valence-corrected chi connectivity index (χ3v) is 5.39. The lowest BCUT2D eigenvalue weighted by molar-refractivity contribution is 0.0600. The molecular formula is C15H21NO4S. The van der Waals surface area contributed by atoms with E-state index in [4.69, 9.17) is 0 Å². The van der Waals surface area contributed by atoms with E-state index in [1.807, 2.05) is 6.92 Å². The molecule has 21 heavy (non-hydrogen) atoms. The van der Waals surface area contributed by atoms with Crippen LogP contribution in [0.4, 0.5) is 0 Å². The standard InChI is InChI=1S/C15H21NO4S/c1-3-9-16(11-12-7-8-12)21(18,19)14-6-4-5-13(10-14)15(17)20-2/h4-6,10,12H,3,7-9,11H2,1-2H3. The van der Waals surface area contributed by atoms with Crippen molar-refractivity contribution in [3.63, 3.8) is 0 Å². The highest BCUT2D eigenvalue weighted by atomic mass is 32.2. The predicted molar refractivity (Wildman–Crippen MR) is 79.6 cm³/mol. The maximum absolute atomic E-state index is 12.7. The lowest BCUT2D eigenvalue weighted by atomic mass is 10.2. The summed E-state index contributed by atoms with van der Waals surface area (Å²) in [4.78, 5) is 11.7. The third kappa shape index (κ3) is 3.83. The van der Waals surface area contributed by atoms with E-state index in [0.717, 1.165) is 19.3 Å². The lowest BCUT2D eigenvalue weighted by Crippen LogP contribution is -2.33. The predicted octanol–water partition coefficient (Wildman–Crippen LogP) is 2.28. The molecule has 0 aromatic heterocycles. The van der Waals surface area contributed by atoms with E-state index >= 15 is 0 Å². The van der Waals surface area contributed by atoms with Crippen LogP contribution in [0, 0.1) is 5.92 Å². The monoisotopic (exact) mass is 311 g/mol. The summed E-state index contributed by atoms with van der Waals surface area (Å²) in [6, 6.07) is 6.03. The van der Waals surface area contributed by atoms with E-state index in [0.29, 0.717) is 19.0 Å². The van der Waals surface area contributed by atoms with Crippen LogP contribution in [0.2, 0.25) is 0 Å². The second-order valence-corrected chi connectivity index (χ2v) is 7.26. The Morgan fingerprint density at radius 2 is 2.10 bits per heavy atom. The van der Waals surface area contributed by atoms with E-state index in [2.05, 4.69) is 4.74 Å². The Balaban J connectivity index is 2.29. The molecule has 0 aliphatic heterocycles. The van der Waals surface area contributed by atoms with Gasteiger partial charge in [-0.25, -0.2) is 13.2 Å². The smallest absolute Gasteiger partial charge is 0.337 e. The number of ether oxygens (including phenoxy) is 1. The zero-order valence-corrected chi connectivity index (χ0v) is 13.2. The topological polar surface area (TPSA) is 63.7 Å². The quantitative estimate of drug-likeness (QED) is 0.725. The van der Waals surface area contributed by atoms with E-state index in [1.165, 1.54) is 23.5 Å². The number of hydrogen-bond donors (Lipinski definition) is 0. The van der Waals surface area contributed by atoms with Crippen molar-refractivity contribution < 1.29 is 17.9 Å². The first-order valence-corrected chi connectivity index (χ1v) is 8.61. The van der Waals surface area contributed by atoms with Crippen LogP contribution in [0.25, 0.3) is 0 Å². The van der Waals surface area contributed by atoms with Gasteiger partial charge in [-0.3, -0.25) is 0 Å². The molecule has 0 amide bonds. The van der Waals surface area contributed by atoms with Crippen molar-refractivity contribution in [1.82, 2.24) is 4.31 Å². The molecule has 5 nitrogen and oxygen atoms in total. The van der Waals surface area contributed by atoms with Crippen LogP contribution in [0.15, 0.2) is 29.2 Å². The van der Waals surface area contributed by atoms with E-state index in [1.54, 1.807) is 12.1 Å². The highest BCUT2D eigenvalue weighted by Crippen LogP contribution is 2.31. The third-order valence-electron chi connectivity index (χ3n) is 3.52. The minimum absolute atomic E-state index is 0.152. The molecule has 6 heteroatoms. The van der Waals surface area contributed by atoms with Crippen molar-refractivity contribution in [2.24, 2.45) is 5.92 Å². The van der Waals surface area contributed by atoms with Gasteiger partial charge in [0.1, 0.15) is 0 Å². The molecule has 1 saturated carbocycles. The highest BCUT2D eigenvalue weighted by Gasteiger charge is 2.31. The molecule has 116 valence electrons. The van der Waals surface area contributed by atoms with Gasteiger partial charge in [0.05, 0.1) is 17.6 Å². The number of nitrogens with zero attached hydrogens (tertiary/aromatic N) is 1. The van der Waals surface area contributed by atoms with Crippen molar-refractivity contribution in [3.8, 4) is 0 Å². The van der Waals surface area contributed by atoms with Crippen molar-refractivity contribution >= 4 is 16.0 Å². The number of methoxy groups -OCH3 is 1. The van der Waals surface area contributed by atoms with E-state index in [9.17, 15) is 13.2 Å². The fraction of sp³-hybridized carbons (Fsp3) is 0.533. The van der Waals surface area contributed by atoms with Gasteiger partial charge in [-0.15, -0.1) is 0 Å². The average molecular weight is 311 g/mol. The summed E-state index contributed by atoms with van der Waals surface area (Å²) in [6.45, 7) is 3.03. The maximum Gasteiger partial charge on any atom is 0.337 e. The minimum Gasteiger partial charge on any atom is -0.465 e. The lowest BCUT2D eigenvalue weighted by Gasteiger charge is -2.21. The molecular weight excluding hydrogens is 290 g/mol. The van der Waals surface area contributed by atoms with Gasteiger partial charge in [-0.1, -0.05) is 13.0 Å². The van der Waals surface area contributed by atoms with Gasteiger partial charge < -0.3 is 4.74 Å². The van der Waals surface area contributed by atoms with Gasteiger partial charge in [0.2, 0.25) is 10.0 Å². The number of benzene rings is 1. The SMILES string of the molecule is CCCN(CC1CC1)S(=O)(=O)c1cccc(C(=O)OC)c1.